The standard InChI is InChI=1S/C17H15N5O2/c1-11-19-15(14-5-3-4-10-18-14)21-17(20-11)22-16(23)12-6-8-13(24-2)9-7-12/h3-10H,1-2H3,(H,19,20,21,22,23). The summed E-state index contributed by atoms with van der Waals surface area (Å²) in [6.45, 7) is 1.73. The van der Waals surface area contributed by atoms with Crippen LogP contribution < -0.4 is 10.1 Å². The van der Waals surface area contributed by atoms with Crippen molar-refractivity contribution < 1.29 is 9.53 Å². The monoisotopic (exact) mass is 321 g/mol. The average Bonchev–Trinajstić information content (AvgIpc) is 2.62. The molecule has 0 saturated carbocycles. The van der Waals surface area contributed by atoms with E-state index >= 15 is 0 Å². The van der Waals surface area contributed by atoms with Crippen LogP contribution in [0.3, 0.4) is 0 Å². The SMILES string of the molecule is COc1ccc(C(=O)Nc2nc(C)nc(-c3ccccn3)n2)cc1. The van der Waals surface area contributed by atoms with Gasteiger partial charge in [0.1, 0.15) is 17.3 Å². The van der Waals surface area contributed by atoms with Gasteiger partial charge < -0.3 is 4.74 Å². The van der Waals surface area contributed by atoms with Gasteiger partial charge in [-0.05, 0) is 43.3 Å². The predicted octanol–water partition coefficient (Wildman–Crippen LogP) is 2.50. The molecule has 120 valence electrons. The fraction of sp³-hybridized carbons (Fsp3) is 0.118. The van der Waals surface area contributed by atoms with Crippen molar-refractivity contribution in [3.05, 3.63) is 60.0 Å². The summed E-state index contributed by atoms with van der Waals surface area (Å²) in [6.07, 6.45) is 1.66. The van der Waals surface area contributed by atoms with Crippen molar-refractivity contribution in [1.29, 1.82) is 0 Å². The van der Waals surface area contributed by atoms with Crippen LogP contribution >= 0.6 is 0 Å². The maximum atomic E-state index is 12.3. The molecule has 0 fully saturated rings. The van der Waals surface area contributed by atoms with E-state index in [0.717, 1.165) is 0 Å². The molecule has 1 aromatic carbocycles. The van der Waals surface area contributed by atoms with Crippen molar-refractivity contribution in [1.82, 2.24) is 19.9 Å². The third kappa shape index (κ3) is 3.52. The van der Waals surface area contributed by atoms with Crippen molar-refractivity contribution in [2.24, 2.45) is 0 Å². The van der Waals surface area contributed by atoms with Crippen molar-refractivity contribution in [3.8, 4) is 17.3 Å². The summed E-state index contributed by atoms with van der Waals surface area (Å²) in [4.78, 5) is 29.2. The van der Waals surface area contributed by atoms with Gasteiger partial charge in [0.05, 0.1) is 7.11 Å². The number of anilines is 1. The Balaban J connectivity index is 1.84. The molecule has 2 aromatic heterocycles. The lowest BCUT2D eigenvalue weighted by Crippen LogP contribution is -2.15. The molecule has 1 N–H and O–H groups in total. The number of hydrogen-bond acceptors (Lipinski definition) is 6. The van der Waals surface area contributed by atoms with E-state index in [9.17, 15) is 4.79 Å². The highest BCUT2D eigenvalue weighted by atomic mass is 16.5. The van der Waals surface area contributed by atoms with E-state index in [1.807, 2.05) is 12.1 Å². The highest BCUT2D eigenvalue weighted by Gasteiger charge is 2.11. The van der Waals surface area contributed by atoms with Crippen LogP contribution in [-0.4, -0.2) is 33.0 Å². The summed E-state index contributed by atoms with van der Waals surface area (Å²) in [7, 11) is 1.57. The minimum absolute atomic E-state index is 0.184. The quantitative estimate of drug-likeness (QED) is 0.794. The number of carbonyl (C=O) groups excluding carboxylic acids is 1. The molecule has 7 heteroatoms. The van der Waals surface area contributed by atoms with E-state index < -0.39 is 0 Å². The molecule has 0 aliphatic heterocycles. The first-order valence-corrected chi connectivity index (χ1v) is 7.25. The molecule has 0 bridgehead atoms. The van der Waals surface area contributed by atoms with E-state index in [-0.39, 0.29) is 11.9 Å². The maximum Gasteiger partial charge on any atom is 0.258 e. The highest BCUT2D eigenvalue weighted by molar-refractivity contribution is 6.03. The zero-order valence-corrected chi connectivity index (χ0v) is 13.2. The molecule has 0 spiro atoms. The molecule has 0 aliphatic rings. The van der Waals surface area contributed by atoms with Gasteiger partial charge in [0.25, 0.3) is 5.91 Å². The molecule has 0 saturated heterocycles. The number of pyridine rings is 1. The smallest absolute Gasteiger partial charge is 0.258 e. The second-order valence-corrected chi connectivity index (χ2v) is 4.93. The van der Waals surface area contributed by atoms with Crippen LogP contribution in [0.1, 0.15) is 16.2 Å². The lowest BCUT2D eigenvalue weighted by molar-refractivity contribution is 0.102. The van der Waals surface area contributed by atoms with Gasteiger partial charge in [-0.3, -0.25) is 15.1 Å². The Hall–Kier alpha value is -3.35. The summed E-state index contributed by atoms with van der Waals surface area (Å²) in [5, 5.41) is 2.68. The molecule has 7 nitrogen and oxygen atoms in total. The number of nitrogens with zero attached hydrogens (tertiary/aromatic N) is 4. The topological polar surface area (TPSA) is 89.9 Å². The summed E-state index contributed by atoms with van der Waals surface area (Å²) in [6, 6.07) is 12.2. The number of aryl methyl sites for hydroxylation is 1. The molecular weight excluding hydrogens is 306 g/mol. The molecule has 3 rings (SSSR count). The van der Waals surface area contributed by atoms with Crippen LogP contribution in [0, 0.1) is 6.92 Å². The van der Waals surface area contributed by atoms with Crippen molar-refractivity contribution in [2.75, 3.05) is 12.4 Å². The fourth-order valence-electron chi connectivity index (χ4n) is 2.06. The Labute approximate surface area is 138 Å². The fourth-order valence-corrected chi connectivity index (χ4v) is 2.06. The van der Waals surface area contributed by atoms with Gasteiger partial charge in [-0.1, -0.05) is 6.07 Å². The number of nitrogens with one attached hydrogen (secondary N) is 1. The maximum absolute atomic E-state index is 12.3. The third-order valence-corrected chi connectivity index (χ3v) is 3.22. The Morgan fingerprint density at radius 3 is 2.50 bits per heavy atom. The number of ether oxygens (including phenoxy) is 1. The summed E-state index contributed by atoms with van der Waals surface area (Å²) < 4.78 is 5.08. The number of aromatic nitrogens is 4. The second kappa shape index (κ2) is 6.82. The van der Waals surface area contributed by atoms with Crippen LogP contribution in [0.2, 0.25) is 0 Å². The van der Waals surface area contributed by atoms with Crippen molar-refractivity contribution in [3.63, 3.8) is 0 Å². The normalized spacial score (nSPS) is 10.2. The molecule has 2 heterocycles. The zero-order chi connectivity index (χ0) is 16.9. The first kappa shape index (κ1) is 15.5. The predicted molar refractivity (Wildman–Crippen MR) is 88.7 cm³/mol. The van der Waals surface area contributed by atoms with E-state index in [0.29, 0.717) is 28.7 Å². The number of rotatable bonds is 4. The van der Waals surface area contributed by atoms with E-state index in [1.54, 1.807) is 50.6 Å². The molecule has 3 aromatic rings. The lowest BCUT2D eigenvalue weighted by Gasteiger charge is -2.07. The molecule has 0 atom stereocenters. The largest absolute Gasteiger partial charge is 0.497 e. The van der Waals surface area contributed by atoms with Crippen molar-refractivity contribution >= 4 is 11.9 Å². The Morgan fingerprint density at radius 2 is 1.83 bits per heavy atom. The summed E-state index contributed by atoms with van der Waals surface area (Å²) in [5.41, 5.74) is 1.09. The number of methoxy groups -OCH3 is 1. The first-order valence-electron chi connectivity index (χ1n) is 7.25. The minimum atomic E-state index is -0.310. The van der Waals surface area contributed by atoms with Gasteiger partial charge in [0, 0.05) is 11.8 Å². The van der Waals surface area contributed by atoms with Gasteiger partial charge in [-0.15, -0.1) is 0 Å². The number of amides is 1. The van der Waals surface area contributed by atoms with Gasteiger partial charge in [-0.25, -0.2) is 4.98 Å². The Morgan fingerprint density at radius 1 is 1.04 bits per heavy atom. The second-order valence-electron chi connectivity index (χ2n) is 4.93. The summed E-state index contributed by atoms with van der Waals surface area (Å²) >= 11 is 0. The third-order valence-electron chi connectivity index (χ3n) is 3.22. The van der Waals surface area contributed by atoms with E-state index in [4.69, 9.17) is 4.74 Å². The van der Waals surface area contributed by atoms with Crippen LogP contribution in [0.15, 0.2) is 48.7 Å². The van der Waals surface area contributed by atoms with E-state index in [2.05, 4.69) is 25.3 Å². The van der Waals surface area contributed by atoms with E-state index in [1.165, 1.54) is 0 Å². The molecule has 1 amide bonds. The van der Waals surface area contributed by atoms with Crippen LogP contribution in [-0.2, 0) is 0 Å². The molecule has 0 aliphatic carbocycles. The Bertz CT molecular complexity index is 851. The van der Waals surface area contributed by atoms with Crippen LogP contribution in [0.4, 0.5) is 5.95 Å². The molecule has 24 heavy (non-hydrogen) atoms. The minimum Gasteiger partial charge on any atom is -0.497 e. The van der Waals surface area contributed by atoms with Gasteiger partial charge in [-0.2, -0.15) is 9.97 Å². The number of carbonyl (C=O) groups is 1. The van der Waals surface area contributed by atoms with Gasteiger partial charge >= 0.3 is 0 Å². The van der Waals surface area contributed by atoms with Gasteiger partial charge in [0.15, 0.2) is 5.82 Å². The molecule has 0 unspecified atom stereocenters. The van der Waals surface area contributed by atoms with Crippen molar-refractivity contribution in [2.45, 2.75) is 6.92 Å². The summed E-state index contributed by atoms with van der Waals surface area (Å²) in [5.74, 6) is 1.46. The lowest BCUT2D eigenvalue weighted by atomic mass is 10.2. The molecule has 0 radical (unpaired) electrons. The number of hydrogen-bond donors (Lipinski definition) is 1. The molecular formula is C17H15N5O2. The Kier molecular flexibility index (Phi) is 4.42. The zero-order valence-electron chi connectivity index (χ0n) is 13.2. The number of benzene rings is 1. The first-order chi connectivity index (χ1) is 11.7. The van der Waals surface area contributed by atoms with Crippen LogP contribution in [0.5, 0.6) is 5.75 Å². The average molecular weight is 321 g/mol. The highest BCUT2D eigenvalue weighted by Crippen LogP contribution is 2.15. The van der Waals surface area contributed by atoms with Crippen LogP contribution in [0.25, 0.3) is 11.5 Å². The van der Waals surface area contributed by atoms with Gasteiger partial charge in [0.2, 0.25) is 5.95 Å².